The van der Waals surface area contributed by atoms with E-state index in [4.69, 9.17) is 0 Å². The van der Waals surface area contributed by atoms with Crippen LogP contribution in [0.15, 0.2) is 35.1 Å². The second-order valence-corrected chi connectivity index (χ2v) is 5.85. The van der Waals surface area contributed by atoms with Crippen molar-refractivity contribution in [2.75, 3.05) is 6.54 Å². The van der Waals surface area contributed by atoms with Crippen molar-refractivity contribution in [2.24, 2.45) is 7.05 Å². The van der Waals surface area contributed by atoms with Crippen molar-refractivity contribution in [1.82, 2.24) is 15.1 Å². The Morgan fingerprint density at radius 3 is 2.80 bits per heavy atom. The monoisotopic (exact) mass is 339 g/mol. The Kier molecular flexibility index (Phi) is 5.31. The zero-order valence-corrected chi connectivity index (χ0v) is 13.3. The highest BCUT2D eigenvalue weighted by Crippen LogP contribution is 2.23. The van der Waals surface area contributed by atoms with Crippen molar-refractivity contribution >= 4 is 15.9 Å². The van der Waals surface area contributed by atoms with Gasteiger partial charge in [-0.25, -0.2) is 4.39 Å². The number of nitrogens with one attached hydrogen (secondary N) is 1. The molecule has 1 unspecified atom stereocenters. The molecule has 1 aromatic carbocycles. The van der Waals surface area contributed by atoms with Gasteiger partial charge < -0.3 is 5.32 Å². The topological polar surface area (TPSA) is 29.9 Å². The third-order valence-electron chi connectivity index (χ3n) is 3.13. The lowest BCUT2D eigenvalue weighted by Crippen LogP contribution is -2.24. The summed E-state index contributed by atoms with van der Waals surface area (Å²) in [6.07, 6.45) is 5.69. The maximum Gasteiger partial charge on any atom is 0.124 e. The van der Waals surface area contributed by atoms with Crippen LogP contribution in [-0.2, 0) is 13.5 Å². The molecule has 2 aromatic rings. The fraction of sp³-hybridized carbons (Fsp3) is 0.400. The highest BCUT2D eigenvalue weighted by molar-refractivity contribution is 9.10. The van der Waals surface area contributed by atoms with E-state index in [1.807, 2.05) is 25.5 Å². The molecular weight excluding hydrogens is 321 g/mol. The highest BCUT2D eigenvalue weighted by Gasteiger charge is 2.14. The summed E-state index contributed by atoms with van der Waals surface area (Å²) in [5.74, 6) is -0.219. The first-order valence-corrected chi connectivity index (χ1v) is 7.54. The van der Waals surface area contributed by atoms with Crippen LogP contribution in [-0.4, -0.2) is 16.3 Å². The van der Waals surface area contributed by atoms with E-state index >= 15 is 0 Å². The van der Waals surface area contributed by atoms with Gasteiger partial charge in [0.25, 0.3) is 0 Å². The van der Waals surface area contributed by atoms with Crippen molar-refractivity contribution in [3.8, 4) is 0 Å². The third kappa shape index (κ3) is 4.15. The highest BCUT2D eigenvalue weighted by atomic mass is 79.9. The molecule has 5 heteroatoms. The van der Waals surface area contributed by atoms with Gasteiger partial charge in [-0.3, -0.25) is 4.68 Å². The molecule has 1 atom stereocenters. The Morgan fingerprint density at radius 2 is 2.20 bits per heavy atom. The summed E-state index contributed by atoms with van der Waals surface area (Å²) in [7, 11) is 1.90. The number of hydrogen-bond acceptors (Lipinski definition) is 2. The predicted molar refractivity (Wildman–Crippen MR) is 82.0 cm³/mol. The second-order valence-electron chi connectivity index (χ2n) is 4.94. The molecule has 0 spiro atoms. The van der Waals surface area contributed by atoms with Gasteiger partial charge in [0, 0.05) is 23.8 Å². The molecule has 0 fully saturated rings. The van der Waals surface area contributed by atoms with Crippen LogP contribution in [0.2, 0.25) is 0 Å². The Labute approximate surface area is 127 Å². The number of aromatic nitrogens is 2. The van der Waals surface area contributed by atoms with E-state index in [9.17, 15) is 4.39 Å². The fourth-order valence-corrected chi connectivity index (χ4v) is 2.70. The van der Waals surface area contributed by atoms with Crippen molar-refractivity contribution in [1.29, 1.82) is 0 Å². The lowest BCUT2D eigenvalue weighted by molar-refractivity contribution is 0.523. The molecule has 0 aliphatic carbocycles. The summed E-state index contributed by atoms with van der Waals surface area (Å²) >= 11 is 3.35. The Bertz CT molecular complexity index is 548. The predicted octanol–water partition coefficient (Wildman–Crippen LogP) is 3.61. The van der Waals surface area contributed by atoms with Crippen molar-refractivity contribution < 1.29 is 4.39 Å². The second kappa shape index (κ2) is 6.99. The van der Waals surface area contributed by atoms with Gasteiger partial charge in [-0.2, -0.15) is 5.10 Å². The Hall–Kier alpha value is -1.20. The molecule has 0 saturated heterocycles. The van der Waals surface area contributed by atoms with Crippen LogP contribution in [0.3, 0.4) is 0 Å². The van der Waals surface area contributed by atoms with Crippen LogP contribution in [0.5, 0.6) is 0 Å². The fourth-order valence-electron chi connectivity index (χ4n) is 2.22. The van der Waals surface area contributed by atoms with Gasteiger partial charge in [-0.15, -0.1) is 0 Å². The Morgan fingerprint density at radius 1 is 1.40 bits per heavy atom. The molecule has 0 aliphatic heterocycles. The van der Waals surface area contributed by atoms with Gasteiger partial charge in [0.05, 0.1) is 6.20 Å². The van der Waals surface area contributed by atoms with Crippen LogP contribution < -0.4 is 5.32 Å². The minimum atomic E-state index is -0.219. The summed E-state index contributed by atoms with van der Waals surface area (Å²) < 4.78 is 16.1. The molecule has 0 aliphatic rings. The van der Waals surface area contributed by atoms with E-state index in [1.165, 1.54) is 6.07 Å². The average Bonchev–Trinajstić information content (AvgIpc) is 2.79. The van der Waals surface area contributed by atoms with Gasteiger partial charge in [0.1, 0.15) is 5.82 Å². The minimum absolute atomic E-state index is 0.0890. The maximum absolute atomic E-state index is 13.6. The number of benzene rings is 1. The number of rotatable bonds is 6. The molecule has 20 heavy (non-hydrogen) atoms. The van der Waals surface area contributed by atoms with E-state index < -0.39 is 0 Å². The molecule has 0 bridgehead atoms. The van der Waals surface area contributed by atoms with Gasteiger partial charge in [0.2, 0.25) is 0 Å². The molecule has 0 saturated carbocycles. The smallest absolute Gasteiger partial charge is 0.124 e. The van der Waals surface area contributed by atoms with Crippen LogP contribution in [0.1, 0.15) is 30.5 Å². The van der Waals surface area contributed by atoms with Crippen LogP contribution in [0, 0.1) is 5.82 Å². The summed E-state index contributed by atoms with van der Waals surface area (Å²) in [5, 5.41) is 7.66. The number of aryl methyl sites for hydroxylation is 1. The number of halogens is 2. The van der Waals surface area contributed by atoms with E-state index in [-0.39, 0.29) is 11.9 Å². The van der Waals surface area contributed by atoms with E-state index in [2.05, 4.69) is 33.3 Å². The first-order chi connectivity index (χ1) is 9.58. The van der Waals surface area contributed by atoms with Crippen LogP contribution in [0.25, 0.3) is 0 Å². The normalized spacial score (nSPS) is 12.6. The molecule has 3 nitrogen and oxygen atoms in total. The van der Waals surface area contributed by atoms with Crippen molar-refractivity contribution in [2.45, 2.75) is 25.8 Å². The molecule has 0 amide bonds. The minimum Gasteiger partial charge on any atom is -0.310 e. The summed E-state index contributed by atoms with van der Waals surface area (Å²) in [4.78, 5) is 0. The van der Waals surface area contributed by atoms with Crippen molar-refractivity contribution in [3.63, 3.8) is 0 Å². The Balaban J connectivity index is 2.21. The molecule has 1 N–H and O–H groups in total. The van der Waals surface area contributed by atoms with Crippen LogP contribution >= 0.6 is 15.9 Å². The standard InChI is InChI=1S/C15H19BrFN3/c1-3-4-18-15(5-11-9-19-20(2)10-11)12-6-13(16)8-14(17)7-12/h6-10,15,18H,3-5H2,1-2H3. The summed E-state index contributed by atoms with van der Waals surface area (Å²) in [6.45, 7) is 3.02. The first kappa shape index (κ1) is 15.2. The zero-order chi connectivity index (χ0) is 14.5. The van der Waals surface area contributed by atoms with E-state index in [1.54, 1.807) is 10.7 Å². The number of nitrogens with zero attached hydrogens (tertiary/aromatic N) is 2. The third-order valence-corrected chi connectivity index (χ3v) is 3.58. The molecule has 0 radical (unpaired) electrons. The first-order valence-electron chi connectivity index (χ1n) is 6.75. The van der Waals surface area contributed by atoms with Gasteiger partial charge in [0.15, 0.2) is 0 Å². The van der Waals surface area contributed by atoms with Gasteiger partial charge >= 0.3 is 0 Å². The lowest BCUT2D eigenvalue weighted by atomic mass is 10.0. The quantitative estimate of drug-likeness (QED) is 0.871. The average molecular weight is 340 g/mol. The molecule has 2 rings (SSSR count). The number of hydrogen-bond donors (Lipinski definition) is 1. The molecule has 108 valence electrons. The molecule has 1 aromatic heterocycles. The van der Waals surface area contributed by atoms with Gasteiger partial charge in [-0.1, -0.05) is 22.9 Å². The van der Waals surface area contributed by atoms with E-state index in [0.29, 0.717) is 0 Å². The largest absolute Gasteiger partial charge is 0.310 e. The summed E-state index contributed by atoms with van der Waals surface area (Å²) in [5.41, 5.74) is 2.09. The molecular formula is C15H19BrFN3. The molecule has 1 heterocycles. The zero-order valence-electron chi connectivity index (χ0n) is 11.7. The van der Waals surface area contributed by atoms with Crippen molar-refractivity contribution in [3.05, 3.63) is 52.0 Å². The maximum atomic E-state index is 13.6. The van der Waals surface area contributed by atoms with E-state index in [0.717, 1.165) is 35.0 Å². The SMILES string of the molecule is CCCNC(Cc1cnn(C)c1)c1cc(F)cc(Br)c1. The van der Waals surface area contributed by atoms with Crippen LogP contribution in [0.4, 0.5) is 4.39 Å². The van der Waals surface area contributed by atoms with Gasteiger partial charge in [-0.05, 0) is 48.7 Å². The lowest BCUT2D eigenvalue weighted by Gasteiger charge is -2.19. The summed E-state index contributed by atoms with van der Waals surface area (Å²) in [6, 6.07) is 5.12.